The van der Waals surface area contributed by atoms with Crippen LogP contribution in [0, 0.1) is 0 Å². The average molecular weight is 443 g/mol. The van der Waals surface area contributed by atoms with Gasteiger partial charge in [-0.05, 0) is 36.4 Å². The number of hydrogen-bond acceptors (Lipinski definition) is 3. The fraction of sp³-hybridized carbons (Fsp3) is 0.0455. The monoisotopic (exact) mass is 442 g/mol. The fourth-order valence-corrected chi connectivity index (χ4v) is 3.24. The molecule has 2 aromatic carbocycles. The molecule has 156 valence electrons. The van der Waals surface area contributed by atoms with Crippen LogP contribution in [0.3, 0.4) is 0 Å². The van der Waals surface area contributed by atoms with Gasteiger partial charge in [0.25, 0.3) is 5.91 Å². The Morgan fingerprint density at radius 3 is 2.42 bits per heavy atom. The molecular formula is C22H14ClF3N4O. The summed E-state index contributed by atoms with van der Waals surface area (Å²) in [6.45, 7) is 0. The van der Waals surface area contributed by atoms with Crippen LogP contribution in [0.2, 0.25) is 5.02 Å². The van der Waals surface area contributed by atoms with Gasteiger partial charge in [-0.2, -0.15) is 18.3 Å². The van der Waals surface area contributed by atoms with Crippen LogP contribution in [0.15, 0.2) is 79.1 Å². The fourth-order valence-electron chi connectivity index (χ4n) is 3.02. The zero-order chi connectivity index (χ0) is 22.0. The summed E-state index contributed by atoms with van der Waals surface area (Å²) in [6.07, 6.45) is -1.88. The topological polar surface area (TPSA) is 59.8 Å². The number of halogens is 4. The van der Waals surface area contributed by atoms with Crippen LogP contribution < -0.4 is 5.32 Å². The van der Waals surface area contributed by atoms with Gasteiger partial charge in [0.2, 0.25) is 0 Å². The quantitative estimate of drug-likeness (QED) is 0.430. The molecule has 0 aliphatic rings. The van der Waals surface area contributed by atoms with E-state index in [1.807, 2.05) is 0 Å². The van der Waals surface area contributed by atoms with E-state index in [0.717, 1.165) is 10.7 Å². The number of nitrogens with one attached hydrogen (secondary N) is 1. The average Bonchev–Trinajstić information content (AvgIpc) is 3.21. The zero-order valence-corrected chi connectivity index (χ0v) is 16.5. The maximum absolute atomic E-state index is 13.5. The second kappa shape index (κ2) is 8.23. The number of benzene rings is 2. The summed E-state index contributed by atoms with van der Waals surface area (Å²) in [5, 5.41) is 6.68. The third-order valence-corrected chi connectivity index (χ3v) is 4.78. The molecule has 0 unspecified atom stereocenters. The van der Waals surface area contributed by atoms with E-state index in [2.05, 4.69) is 15.4 Å². The molecule has 5 nitrogen and oxygen atoms in total. The number of carbonyl (C=O) groups is 1. The summed E-state index contributed by atoms with van der Waals surface area (Å²) in [7, 11) is 0. The summed E-state index contributed by atoms with van der Waals surface area (Å²) in [4.78, 5) is 16.6. The van der Waals surface area contributed by atoms with E-state index < -0.39 is 17.8 Å². The molecule has 1 N–H and O–H groups in total. The van der Waals surface area contributed by atoms with Crippen molar-refractivity contribution >= 4 is 23.2 Å². The lowest BCUT2D eigenvalue weighted by atomic mass is 10.1. The Balaban J connectivity index is 1.84. The number of pyridine rings is 1. The smallest absolute Gasteiger partial charge is 0.320 e. The molecule has 0 radical (unpaired) electrons. The maximum atomic E-state index is 13.5. The first-order valence-corrected chi connectivity index (χ1v) is 9.45. The minimum atomic E-state index is -4.66. The number of aromatic nitrogens is 3. The van der Waals surface area contributed by atoms with Gasteiger partial charge in [-0.3, -0.25) is 9.78 Å². The lowest BCUT2D eigenvalue weighted by Gasteiger charge is -2.13. The number of amides is 1. The van der Waals surface area contributed by atoms with Crippen molar-refractivity contribution in [3.05, 3.63) is 95.4 Å². The number of nitrogens with zero attached hydrogens (tertiary/aromatic N) is 3. The lowest BCUT2D eigenvalue weighted by Crippen LogP contribution is -2.13. The molecular weight excluding hydrogens is 429 g/mol. The first-order valence-electron chi connectivity index (χ1n) is 9.07. The van der Waals surface area contributed by atoms with Crippen LogP contribution in [-0.4, -0.2) is 20.7 Å². The highest BCUT2D eigenvalue weighted by atomic mass is 35.5. The number of carbonyl (C=O) groups excluding carboxylic acids is 1. The normalized spacial score (nSPS) is 11.4. The van der Waals surface area contributed by atoms with Gasteiger partial charge in [-0.25, -0.2) is 4.68 Å². The number of hydrogen-bond donors (Lipinski definition) is 1. The van der Waals surface area contributed by atoms with E-state index in [9.17, 15) is 18.0 Å². The van der Waals surface area contributed by atoms with Gasteiger partial charge in [0.15, 0.2) is 5.69 Å². The van der Waals surface area contributed by atoms with E-state index in [1.54, 1.807) is 54.6 Å². The van der Waals surface area contributed by atoms with Gasteiger partial charge < -0.3 is 5.32 Å². The van der Waals surface area contributed by atoms with E-state index in [1.165, 1.54) is 18.5 Å². The summed E-state index contributed by atoms with van der Waals surface area (Å²) in [6, 6.07) is 17.3. The molecule has 0 atom stereocenters. The molecule has 9 heteroatoms. The number of alkyl halides is 3. The van der Waals surface area contributed by atoms with Crippen LogP contribution in [0.5, 0.6) is 0 Å². The molecule has 4 aromatic rings. The van der Waals surface area contributed by atoms with Gasteiger partial charge in [-0.1, -0.05) is 41.9 Å². The van der Waals surface area contributed by atoms with Crippen LogP contribution in [0.4, 0.5) is 18.9 Å². The van der Waals surface area contributed by atoms with Crippen molar-refractivity contribution in [1.82, 2.24) is 14.8 Å². The minimum absolute atomic E-state index is 0.103. The molecule has 1 amide bonds. The predicted octanol–water partition coefficient (Wildman–Crippen LogP) is 5.86. The summed E-state index contributed by atoms with van der Waals surface area (Å²) in [5.41, 5.74) is 0.228. The largest absolute Gasteiger partial charge is 0.435 e. The van der Waals surface area contributed by atoms with Crippen molar-refractivity contribution < 1.29 is 18.0 Å². The third kappa shape index (κ3) is 4.29. The van der Waals surface area contributed by atoms with E-state index in [-0.39, 0.29) is 22.1 Å². The summed E-state index contributed by atoms with van der Waals surface area (Å²) in [5.74, 6) is -0.422. The highest BCUT2D eigenvalue weighted by molar-refractivity contribution is 6.32. The first-order chi connectivity index (χ1) is 14.8. The third-order valence-electron chi connectivity index (χ3n) is 4.46. The molecule has 0 saturated carbocycles. The molecule has 0 bridgehead atoms. The summed E-state index contributed by atoms with van der Waals surface area (Å²) < 4.78 is 41.5. The molecule has 2 aromatic heterocycles. The van der Waals surface area contributed by atoms with Gasteiger partial charge >= 0.3 is 6.18 Å². The van der Waals surface area contributed by atoms with Gasteiger partial charge in [0.05, 0.1) is 28.3 Å². The number of para-hydroxylation sites is 1. The minimum Gasteiger partial charge on any atom is -0.320 e. The molecule has 0 fully saturated rings. The summed E-state index contributed by atoms with van der Waals surface area (Å²) >= 11 is 6.22. The molecule has 0 aliphatic carbocycles. The van der Waals surface area contributed by atoms with E-state index in [0.29, 0.717) is 11.1 Å². The Morgan fingerprint density at radius 2 is 1.71 bits per heavy atom. The van der Waals surface area contributed by atoms with Crippen LogP contribution >= 0.6 is 11.6 Å². The van der Waals surface area contributed by atoms with Crippen molar-refractivity contribution in [3.8, 4) is 16.9 Å². The second-order valence-electron chi connectivity index (χ2n) is 6.52. The highest BCUT2D eigenvalue weighted by Gasteiger charge is 2.35. The maximum Gasteiger partial charge on any atom is 0.435 e. The van der Waals surface area contributed by atoms with Gasteiger partial charge in [0.1, 0.15) is 0 Å². The van der Waals surface area contributed by atoms with Crippen molar-refractivity contribution in [1.29, 1.82) is 0 Å². The van der Waals surface area contributed by atoms with E-state index >= 15 is 0 Å². The number of rotatable bonds is 4. The Bertz CT molecular complexity index is 1240. The first kappa shape index (κ1) is 20.6. The lowest BCUT2D eigenvalue weighted by molar-refractivity contribution is -0.141. The Morgan fingerprint density at radius 1 is 1.00 bits per heavy atom. The Hall–Kier alpha value is -3.65. The van der Waals surface area contributed by atoms with Crippen LogP contribution in [0.25, 0.3) is 16.9 Å². The molecule has 2 heterocycles. The second-order valence-corrected chi connectivity index (χ2v) is 6.92. The Kier molecular flexibility index (Phi) is 5.48. The molecule has 0 aliphatic heterocycles. The predicted molar refractivity (Wildman–Crippen MR) is 111 cm³/mol. The molecule has 31 heavy (non-hydrogen) atoms. The zero-order valence-electron chi connectivity index (χ0n) is 15.8. The van der Waals surface area contributed by atoms with Crippen molar-refractivity contribution in [2.45, 2.75) is 6.18 Å². The molecule has 4 rings (SSSR count). The van der Waals surface area contributed by atoms with Gasteiger partial charge in [-0.15, -0.1) is 0 Å². The SMILES string of the molecule is O=C(Nc1cnccc1-c1cc(C(F)(F)F)nn1-c1ccccc1Cl)c1ccccc1. The van der Waals surface area contributed by atoms with Crippen molar-refractivity contribution in [3.63, 3.8) is 0 Å². The van der Waals surface area contributed by atoms with Gasteiger partial charge in [0, 0.05) is 17.3 Å². The highest BCUT2D eigenvalue weighted by Crippen LogP contribution is 2.36. The van der Waals surface area contributed by atoms with Crippen molar-refractivity contribution in [2.24, 2.45) is 0 Å². The van der Waals surface area contributed by atoms with E-state index in [4.69, 9.17) is 11.6 Å². The van der Waals surface area contributed by atoms with Crippen LogP contribution in [0.1, 0.15) is 16.1 Å². The standard InChI is InChI=1S/C22H14ClF3N4O/c23-16-8-4-5-9-18(16)30-19(12-20(29-30)22(24,25)26)15-10-11-27-13-17(15)28-21(31)14-6-2-1-3-7-14/h1-13H,(H,28,31). The van der Waals surface area contributed by atoms with Crippen molar-refractivity contribution in [2.75, 3.05) is 5.32 Å². The molecule has 0 spiro atoms. The molecule has 0 saturated heterocycles. The van der Waals surface area contributed by atoms with Crippen LogP contribution in [-0.2, 0) is 6.18 Å². The Labute approximate surface area is 180 Å². The number of anilines is 1.